The van der Waals surface area contributed by atoms with Gasteiger partial charge in [-0.2, -0.15) is 5.10 Å². The topological polar surface area (TPSA) is 29.9 Å². The van der Waals surface area contributed by atoms with Crippen LogP contribution in [-0.4, -0.2) is 16.8 Å². The highest BCUT2D eigenvalue weighted by Gasteiger charge is 2.30. The van der Waals surface area contributed by atoms with E-state index in [1.54, 1.807) is 6.20 Å². The zero-order valence-electron chi connectivity index (χ0n) is 13.0. The molecule has 4 heteroatoms. The van der Waals surface area contributed by atoms with Crippen LogP contribution in [0.15, 0.2) is 6.20 Å². The normalized spacial score (nSPS) is 24.8. The summed E-state index contributed by atoms with van der Waals surface area (Å²) in [4.78, 5) is 0. The van der Waals surface area contributed by atoms with Crippen LogP contribution in [-0.2, 0) is 7.05 Å². The minimum Gasteiger partial charge on any atom is -0.311 e. The van der Waals surface area contributed by atoms with E-state index in [-0.39, 0.29) is 0 Å². The van der Waals surface area contributed by atoms with Crippen molar-refractivity contribution < 1.29 is 0 Å². The summed E-state index contributed by atoms with van der Waals surface area (Å²) >= 11 is 6.31. The van der Waals surface area contributed by atoms with Gasteiger partial charge in [0.25, 0.3) is 0 Å². The Morgan fingerprint density at radius 2 is 2.10 bits per heavy atom. The highest BCUT2D eigenvalue weighted by Crippen LogP contribution is 2.39. The third-order valence-electron chi connectivity index (χ3n) is 4.87. The average molecular weight is 298 g/mol. The summed E-state index contributed by atoms with van der Waals surface area (Å²) in [5.74, 6) is 1.64. The molecule has 1 atom stereocenters. The van der Waals surface area contributed by atoms with E-state index in [4.69, 9.17) is 11.6 Å². The monoisotopic (exact) mass is 297 g/mol. The molecule has 0 radical (unpaired) electrons. The molecule has 1 fully saturated rings. The minimum atomic E-state index is 0.335. The van der Waals surface area contributed by atoms with Crippen LogP contribution in [0.4, 0.5) is 0 Å². The van der Waals surface area contributed by atoms with Crippen LogP contribution in [0.5, 0.6) is 0 Å². The molecular weight excluding hydrogens is 270 g/mol. The number of rotatable bonds is 6. The van der Waals surface area contributed by atoms with Gasteiger partial charge in [0.1, 0.15) is 0 Å². The summed E-state index contributed by atoms with van der Waals surface area (Å²) < 4.78 is 1.92. The molecule has 1 heterocycles. The smallest absolute Gasteiger partial charge is 0.0834 e. The Balaban J connectivity index is 1.97. The van der Waals surface area contributed by atoms with Gasteiger partial charge in [-0.3, -0.25) is 4.68 Å². The van der Waals surface area contributed by atoms with Crippen LogP contribution in [0.25, 0.3) is 0 Å². The van der Waals surface area contributed by atoms with E-state index in [9.17, 15) is 0 Å². The van der Waals surface area contributed by atoms with Crippen LogP contribution in [0.2, 0.25) is 5.02 Å². The molecule has 1 aliphatic carbocycles. The molecule has 1 unspecified atom stereocenters. The number of hydrogen-bond acceptors (Lipinski definition) is 2. The molecule has 2 rings (SSSR count). The fraction of sp³-hybridized carbons (Fsp3) is 0.812. The third kappa shape index (κ3) is 3.56. The lowest BCUT2D eigenvalue weighted by atomic mass is 9.76. The summed E-state index contributed by atoms with van der Waals surface area (Å²) in [5.41, 5.74) is 1.14. The summed E-state index contributed by atoms with van der Waals surface area (Å²) in [6.07, 6.45) is 11.2. The van der Waals surface area contributed by atoms with Crippen LogP contribution in [0, 0.1) is 11.8 Å². The lowest BCUT2D eigenvalue weighted by Crippen LogP contribution is -2.30. The Morgan fingerprint density at radius 3 is 2.60 bits per heavy atom. The van der Waals surface area contributed by atoms with Gasteiger partial charge in [0.05, 0.1) is 23.0 Å². The van der Waals surface area contributed by atoms with E-state index < -0.39 is 0 Å². The summed E-state index contributed by atoms with van der Waals surface area (Å²) in [7, 11) is 4.02. The first-order valence-electron chi connectivity index (χ1n) is 8.02. The van der Waals surface area contributed by atoms with Crippen molar-refractivity contribution >= 4 is 11.6 Å². The van der Waals surface area contributed by atoms with Gasteiger partial charge >= 0.3 is 0 Å². The molecular formula is C16H28ClN3. The molecule has 1 aromatic heterocycles. The van der Waals surface area contributed by atoms with Crippen LogP contribution >= 0.6 is 11.6 Å². The zero-order valence-corrected chi connectivity index (χ0v) is 13.8. The number of hydrogen-bond donors (Lipinski definition) is 1. The molecule has 0 aromatic carbocycles. The van der Waals surface area contributed by atoms with E-state index in [0.29, 0.717) is 12.0 Å². The van der Waals surface area contributed by atoms with Gasteiger partial charge in [-0.1, -0.05) is 50.6 Å². The lowest BCUT2D eigenvalue weighted by Gasteiger charge is -2.34. The Hall–Kier alpha value is -0.540. The van der Waals surface area contributed by atoms with Gasteiger partial charge in [0.15, 0.2) is 0 Å². The fourth-order valence-electron chi connectivity index (χ4n) is 3.67. The first-order valence-corrected chi connectivity index (χ1v) is 8.39. The van der Waals surface area contributed by atoms with Crippen LogP contribution in [0.3, 0.4) is 0 Å². The molecule has 20 heavy (non-hydrogen) atoms. The second kappa shape index (κ2) is 7.46. The van der Waals surface area contributed by atoms with Crippen molar-refractivity contribution in [3.63, 3.8) is 0 Å². The highest BCUT2D eigenvalue weighted by molar-refractivity contribution is 6.31. The van der Waals surface area contributed by atoms with Crippen molar-refractivity contribution in [1.29, 1.82) is 0 Å². The van der Waals surface area contributed by atoms with Crippen molar-refractivity contribution in [3.8, 4) is 0 Å². The Morgan fingerprint density at radius 1 is 1.40 bits per heavy atom. The molecule has 0 bridgehead atoms. The number of nitrogens with one attached hydrogen (secondary N) is 1. The van der Waals surface area contributed by atoms with Gasteiger partial charge in [0, 0.05) is 7.05 Å². The van der Waals surface area contributed by atoms with Gasteiger partial charge in [0.2, 0.25) is 0 Å². The molecule has 0 spiro atoms. The second-order valence-electron chi connectivity index (χ2n) is 6.19. The Kier molecular flexibility index (Phi) is 5.91. The van der Waals surface area contributed by atoms with Gasteiger partial charge in [-0.05, 0) is 31.7 Å². The standard InChI is InChI=1S/C16H28ClN3/c1-4-5-6-12-7-9-13(10-8-12)15(18-2)16-14(17)11-19-20(16)3/h11-13,15,18H,4-10H2,1-3H3. The summed E-state index contributed by atoms with van der Waals surface area (Å²) in [5, 5.41) is 8.54. The predicted molar refractivity (Wildman–Crippen MR) is 85.0 cm³/mol. The van der Waals surface area contributed by atoms with Crippen LogP contribution < -0.4 is 5.32 Å². The molecule has 1 aromatic rings. The molecule has 1 N–H and O–H groups in total. The number of unbranched alkanes of at least 4 members (excludes halogenated alkanes) is 1. The zero-order chi connectivity index (χ0) is 14.5. The van der Waals surface area contributed by atoms with Crippen molar-refractivity contribution in [2.75, 3.05) is 7.05 Å². The largest absolute Gasteiger partial charge is 0.311 e. The minimum absolute atomic E-state index is 0.335. The quantitative estimate of drug-likeness (QED) is 0.847. The highest BCUT2D eigenvalue weighted by atomic mass is 35.5. The first kappa shape index (κ1) is 15.8. The first-order chi connectivity index (χ1) is 9.67. The molecule has 3 nitrogen and oxygen atoms in total. The molecule has 1 saturated carbocycles. The van der Waals surface area contributed by atoms with Crippen molar-refractivity contribution in [3.05, 3.63) is 16.9 Å². The van der Waals surface area contributed by atoms with E-state index in [2.05, 4.69) is 17.3 Å². The third-order valence-corrected chi connectivity index (χ3v) is 5.16. The van der Waals surface area contributed by atoms with Gasteiger partial charge < -0.3 is 5.32 Å². The lowest BCUT2D eigenvalue weighted by molar-refractivity contribution is 0.213. The average Bonchev–Trinajstić information content (AvgIpc) is 2.79. The Labute approximate surface area is 128 Å². The molecule has 0 saturated heterocycles. The number of aryl methyl sites for hydroxylation is 1. The molecule has 1 aliphatic rings. The SMILES string of the molecule is CCCCC1CCC(C(NC)c2c(Cl)cnn2C)CC1. The second-order valence-corrected chi connectivity index (χ2v) is 6.60. The summed E-state index contributed by atoms with van der Waals surface area (Å²) in [6.45, 7) is 2.28. The molecule has 0 aliphatic heterocycles. The van der Waals surface area contributed by atoms with Crippen LogP contribution in [0.1, 0.15) is 63.6 Å². The van der Waals surface area contributed by atoms with Gasteiger partial charge in [-0.15, -0.1) is 0 Å². The maximum atomic E-state index is 6.31. The summed E-state index contributed by atoms with van der Waals surface area (Å²) in [6, 6.07) is 0.335. The maximum absolute atomic E-state index is 6.31. The van der Waals surface area contributed by atoms with Gasteiger partial charge in [-0.25, -0.2) is 0 Å². The van der Waals surface area contributed by atoms with E-state index in [1.165, 1.54) is 44.9 Å². The number of nitrogens with zero attached hydrogens (tertiary/aromatic N) is 2. The fourth-order valence-corrected chi connectivity index (χ4v) is 3.95. The van der Waals surface area contributed by atoms with E-state index in [1.807, 2.05) is 18.8 Å². The van der Waals surface area contributed by atoms with E-state index >= 15 is 0 Å². The number of halogens is 1. The van der Waals surface area contributed by atoms with Crippen molar-refractivity contribution in [1.82, 2.24) is 15.1 Å². The molecule has 114 valence electrons. The maximum Gasteiger partial charge on any atom is 0.0834 e. The Bertz CT molecular complexity index is 388. The number of aromatic nitrogens is 2. The molecule has 0 amide bonds. The van der Waals surface area contributed by atoms with E-state index in [0.717, 1.165) is 16.6 Å². The van der Waals surface area contributed by atoms with Crippen molar-refractivity contribution in [2.45, 2.75) is 57.9 Å². The predicted octanol–water partition coefficient (Wildman–Crippen LogP) is 4.33. The van der Waals surface area contributed by atoms with Crippen molar-refractivity contribution in [2.24, 2.45) is 18.9 Å².